The largest absolute Gasteiger partial charge is 0.492 e. The van der Waals surface area contributed by atoms with Crippen molar-refractivity contribution in [3.05, 3.63) is 30.6 Å². The maximum Gasteiger partial charge on any atom is 0.309 e. The minimum absolute atomic E-state index is 0.242. The minimum Gasteiger partial charge on any atom is -0.492 e. The van der Waals surface area contributed by atoms with Crippen molar-refractivity contribution in [3.63, 3.8) is 0 Å². The van der Waals surface area contributed by atoms with Crippen molar-refractivity contribution in [1.82, 2.24) is 20.1 Å². The van der Waals surface area contributed by atoms with E-state index < -0.39 is 11.4 Å². The molecule has 170 valence electrons. The molecule has 2 bridgehead atoms. The molecule has 8 nitrogen and oxygen atoms in total. The molecule has 0 radical (unpaired) electrons. The molecular formula is C24H30N4O4. The smallest absolute Gasteiger partial charge is 0.309 e. The van der Waals surface area contributed by atoms with Gasteiger partial charge in [0.05, 0.1) is 29.6 Å². The van der Waals surface area contributed by atoms with Gasteiger partial charge in [-0.25, -0.2) is 0 Å². The lowest BCUT2D eigenvalue weighted by Gasteiger charge is -2.52. The van der Waals surface area contributed by atoms with E-state index in [1.54, 1.807) is 12.4 Å². The highest BCUT2D eigenvalue weighted by molar-refractivity contribution is 5.85. The van der Waals surface area contributed by atoms with Crippen molar-refractivity contribution in [2.45, 2.75) is 51.4 Å². The molecule has 2 N–H and O–H groups in total. The Kier molecular flexibility index (Phi) is 5.39. The summed E-state index contributed by atoms with van der Waals surface area (Å²) in [7, 11) is 0. The molecule has 0 aromatic carbocycles. The quantitative estimate of drug-likeness (QED) is 0.714. The lowest BCUT2D eigenvalue weighted by Crippen LogP contribution is -2.55. The predicted molar refractivity (Wildman–Crippen MR) is 117 cm³/mol. The van der Waals surface area contributed by atoms with Crippen LogP contribution in [0.4, 0.5) is 0 Å². The minimum atomic E-state index is -0.680. The van der Waals surface area contributed by atoms with E-state index in [0.29, 0.717) is 57.6 Å². The van der Waals surface area contributed by atoms with Crippen LogP contribution in [0.5, 0.6) is 5.75 Å². The average Bonchev–Trinajstić information content (AvgIpc) is 3.39. The summed E-state index contributed by atoms with van der Waals surface area (Å²) < 4.78 is 6.00. The number of carboxylic acids is 1. The summed E-state index contributed by atoms with van der Waals surface area (Å²) in [5, 5.41) is 16.5. The number of hydrogen-bond donors (Lipinski definition) is 2. The molecule has 3 aliphatic carbocycles. The number of ether oxygens (including phenoxy) is 1. The zero-order valence-corrected chi connectivity index (χ0v) is 18.3. The zero-order valence-electron chi connectivity index (χ0n) is 18.3. The van der Waals surface area contributed by atoms with E-state index >= 15 is 0 Å². The van der Waals surface area contributed by atoms with E-state index in [9.17, 15) is 14.7 Å². The molecule has 0 spiro atoms. The Morgan fingerprint density at radius 3 is 2.50 bits per heavy atom. The van der Waals surface area contributed by atoms with Crippen LogP contribution in [0, 0.1) is 16.7 Å². The van der Waals surface area contributed by atoms with Crippen LogP contribution in [0.2, 0.25) is 0 Å². The van der Waals surface area contributed by atoms with Crippen LogP contribution in [-0.4, -0.2) is 56.8 Å². The van der Waals surface area contributed by atoms with E-state index in [4.69, 9.17) is 4.74 Å². The molecule has 6 rings (SSSR count). The van der Waals surface area contributed by atoms with Crippen molar-refractivity contribution in [2.75, 3.05) is 19.7 Å². The first-order valence-electron chi connectivity index (χ1n) is 11.6. The zero-order chi connectivity index (χ0) is 22.2. The Morgan fingerprint density at radius 1 is 1.12 bits per heavy atom. The Labute approximate surface area is 187 Å². The highest BCUT2D eigenvalue weighted by Gasteiger charge is 2.56. The van der Waals surface area contributed by atoms with Crippen molar-refractivity contribution in [2.24, 2.45) is 16.7 Å². The maximum absolute atomic E-state index is 13.5. The third-order valence-corrected chi connectivity index (χ3v) is 7.96. The third-order valence-electron chi connectivity index (χ3n) is 7.96. The number of carboxylic acid groups (broad SMARTS) is 1. The van der Waals surface area contributed by atoms with Gasteiger partial charge in [-0.1, -0.05) is 0 Å². The Morgan fingerprint density at radius 2 is 1.88 bits per heavy atom. The Hall–Kier alpha value is -2.90. The normalized spacial score (nSPS) is 29.6. The summed E-state index contributed by atoms with van der Waals surface area (Å²) in [4.78, 5) is 31.6. The number of aromatic nitrogens is 3. The number of nitrogens with zero attached hydrogens (tertiary/aromatic N) is 3. The second-order valence-electron chi connectivity index (χ2n) is 9.79. The molecule has 4 fully saturated rings. The molecule has 0 unspecified atom stereocenters. The number of carbonyl (C=O) groups is 2. The van der Waals surface area contributed by atoms with Gasteiger partial charge >= 0.3 is 5.97 Å². The molecule has 1 atom stereocenters. The first-order valence-corrected chi connectivity index (χ1v) is 11.6. The first kappa shape index (κ1) is 21.0. The Balaban J connectivity index is 1.16. The summed E-state index contributed by atoms with van der Waals surface area (Å²) in [5.74, 6) is 0.577. The van der Waals surface area contributed by atoms with E-state index in [-0.39, 0.29) is 11.3 Å². The van der Waals surface area contributed by atoms with Crippen LogP contribution in [0.1, 0.15) is 51.4 Å². The number of amides is 1. The fraction of sp³-hybridized carbons (Fsp3) is 0.583. The second kappa shape index (κ2) is 8.22. The highest BCUT2D eigenvalue weighted by atomic mass is 16.5. The van der Waals surface area contributed by atoms with Crippen LogP contribution in [0.3, 0.4) is 0 Å². The van der Waals surface area contributed by atoms with Crippen LogP contribution in [0.25, 0.3) is 11.4 Å². The van der Waals surface area contributed by atoms with E-state index in [0.717, 1.165) is 36.5 Å². The van der Waals surface area contributed by atoms with Crippen LogP contribution < -0.4 is 4.74 Å². The SMILES string of the molecule is O=C(O)C12CCC(C(=O)N3CCC[C@@H](COc4ccc(-c5ccn[nH]5)nc4)C3)(CC1)CC2. The summed E-state index contributed by atoms with van der Waals surface area (Å²) >= 11 is 0. The fourth-order valence-electron chi connectivity index (χ4n) is 5.79. The molecule has 8 heteroatoms. The number of nitrogens with one attached hydrogen (secondary N) is 1. The molecule has 32 heavy (non-hydrogen) atoms. The molecule has 4 aliphatic rings. The van der Waals surface area contributed by atoms with Gasteiger partial charge in [-0.05, 0) is 69.6 Å². The maximum atomic E-state index is 13.5. The van der Waals surface area contributed by atoms with Gasteiger partial charge in [0, 0.05) is 30.6 Å². The fourth-order valence-corrected chi connectivity index (χ4v) is 5.79. The molecule has 3 saturated carbocycles. The number of pyridine rings is 1. The van der Waals surface area contributed by atoms with Crippen LogP contribution in [0.15, 0.2) is 30.6 Å². The molecule has 1 aliphatic heterocycles. The summed E-state index contributed by atoms with van der Waals surface area (Å²) in [5.41, 5.74) is 0.756. The number of carbonyl (C=O) groups excluding carboxylic acids is 1. The monoisotopic (exact) mass is 438 g/mol. The topological polar surface area (TPSA) is 108 Å². The van der Waals surface area contributed by atoms with Crippen molar-refractivity contribution < 1.29 is 19.4 Å². The average molecular weight is 439 g/mol. The number of hydrogen-bond acceptors (Lipinski definition) is 5. The summed E-state index contributed by atoms with van der Waals surface area (Å²) in [6.07, 6.45) is 9.48. The summed E-state index contributed by atoms with van der Waals surface area (Å²) in [6, 6.07) is 5.69. The van der Waals surface area contributed by atoms with Crippen LogP contribution in [-0.2, 0) is 9.59 Å². The summed E-state index contributed by atoms with van der Waals surface area (Å²) in [6.45, 7) is 2.07. The van der Waals surface area contributed by atoms with Crippen LogP contribution >= 0.6 is 0 Å². The number of piperidine rings is 1. The number of likely N-dealkylation sites (tertiary alicyclic amines) is 1. The molecule has 1 saturated heterocycles. The van der Waals surface area contributed by atoms with Gasteiger partial charge in [-0.3, -0.25) is 19.7 Å². The van der Waals surface area contributed by atoms with Crippen molar-refractivity contribution in [3.8, 4) is 17.1 Å². The van der Waals surface area contributed by atoms with Gasteiger partial charge in [-0.2, -0.15) is 5.10 Å². The van der Waals surface area contributed by atoms with E-state index in [1.807, 2.05) is 23.1 Å². The van der Waals surface area contributed by atoms with Gasteiger partial charge < -0.3 is 14.7 Å². The third kappa shape index (κ3) is 3.76. The highest BCUT2D eigenvalue weighted by Crippen LogP contribution is 2.57. The van der Waals surface area contributed by atoms with Gasteiger partial charge in [0.2, 0.25) is 5.91 Å². The van der Waals surface area contributed by atoms with Gasteiger partial charge in [0.1, 0.15) is 5.75 Å². The van der Waals surface area contributed by atoms with E-state index in [1.165, 1.54) is 0 Å². The molecular weight excluding hydrogens is 408 g/mol. The lowest BCUT2D eigenvalue weighted by atomic mass is 9.53. The predicted octanol–water partition coefficient (Wildman–Crippen LogP) is 3.51. The number of fused-ring (bicyclic) bond motifs is 3. The number of H-pyrrole nitrogens is 1. The molecule has 1 amide bonds. The Bertz CT molecular complexity index is 948. The first-order chi connectivity index (χ1) is 15.5. The van der Waals surface area contributed by atoms with E-state index in [2.05, 4.69) is 15.2 Å². The van der Waals surface area contributed by atoms with Crippen molar-refractivity contribution >= 4 is 11.9 Å². The van der Waals surface area contributed by atoms with Gasteiger partial charge in [0.15, 0.2) is 0 Å². The van der Waals surface area contributed by atoms with Gasteiger partial charge in [0.25, 0.3) is 0 Å². The number of rotatable bonds is 6. The molecule has 2 aromatic rings. The standard InChI is InChI=1S/C24H30N4O4/c29-21(23-6-9-24(10-7-23,11-8-23)22(30)31)28-13-1-2-17(15-28)16-32-18-3-4-19(25-14-18)20-5-12-26-27-20/h3-5,12,14,17H,1-2,6-11,13,15-16H2,(H,26,27)(H,30,31)/t17-,23?,24?/m1/s1. The number of aliphatic carboxylic acids is 1. The van der Waals surface area contributed by atoms with Crippen molar-refractivity contribution in [1.29, 1.82) is 0 Å². The molecule has 3 heterocycles. The lowest BCUT2D eigenvalue weighted by molar-refractivity contribution is -0.168. The molecule has 2 aromatic heterocycles. The van der Waals surface area contributed by atoms with Gasteiger partial charge in [-0.15, -0.1) is 0 Å². The second-order valence-corrected chi connectivity index (χ2v) is 9.79. The number of aromatic amines is 1.